The van der Waals surface area contributed by atoms with Crippen molar-refractivity contribution in [3.05, 3.63) is 0 Å². The maximum Gasteiger partial charge on any atom is 0.242 e. The van der Waals surface area contributed by atoms with Crippen LogP contribution in [0.2, 0.25) is 0 Å². The number of nitrogens with zero attached hydrogens (tertiary/aromatic N) is 2. The van der Waals surface area contributed by atoms with Crippen LogP contribution >= 0.6 is 24.8 Å². The highest BCUT2D eigenvalue weighted by atomic mass is 35.5. The summed E-state index contributed by atoms with van der Waals surface area (Å²) in [5.74, 6) is 0.319. The summed E-state index contributed by atoms with van der Waals surface area (Å²) in [7, 11) is 4.26. The van der Waals surface area contributed by atoms with Gasteiger partial charge < -0.3 is 15.1 Å². The molecule has 20 heavy (non-hydrogen) atoms. The molecule has 1 amide bonds. The van der Waals surface area contributed by atoms with Gasteiger partial charge in [-0.15, -0.1) is 24.8 Å². The number of carbonyl (C=O) groups is 1. The monoisotopic (exact) mass is 325 g/mol. The number of hydrogen-bond donors (Lipinski definition) is 1. The lowest BCUT2D eigenvalue weighted by Crippen LogP contribution is -2.59. The van der Waals surface area contributed by atoms with Crippen LogP contribution in [0.3, 0.4) is 0 Å². The van der Waals surface area contributed by atoms with Crippen molar-refractivity contribution in [3.8, 4) is 0 Å². The third kappa shape index (κ3) is 4.48. The van der Waals surface area contributed by atoms with E-state index in [1.54, 1.807) is 0 Å². The van der Waals surface area contributed by atoms with Gasteiger partial charge in [-0.3, -0.25) is 4.79 Å². The minimum absolute atomic E-state index is 0. The van der Waals surface area contributed by atoms with Crippen LogP contribution < -0.4 is 5.32 Å². The molecule has 2 aliphatic rings. The molecule has 0 aliphatic carbocycles. The predicted octanol–water partition coefficient (Wildman–Crippen LogP) is 1.91. The minimum atomic E-state index is -0.302. The summed E-state index contributed by atoms with van der Waals surface area (Å²) in [5, 5.41) is 3.42. The number of piperidine rings is 2. The lowest BCUT2D eigenvalue weighted by molar-refractivity contribution is -0.140. The van der Waals surface area contributed by atoms with Gasteiger partial charge in [-0.25, -0.2) is 0 Å². The van der Waals surface area contributed by atoms with Crippen molar-refractivity contribution in [2.75, 3.05) is 33.7 Å². The van der Waals surface area contributed by atoms with Crippen molar-refractivity contribution in [2.24, 2.45) is 0 Å². The number of hydrogen-bond acceptors (Lipinski definition) is 3. The smallest absolute Gasteiger partial charge is 0.242 e. The summed E-state index contributed by atoms with van der Waals surface area (Å²) in [4.78, 5) is 16.9. The van der Waals surface area contributed by atoms with Gasteiger partial charge in [0.2, 0.25) is 5.91 Å². The van der Waals surface area contributed by atoms with E-state index < -0.39 is 0 Å². The minimum Gasteiger partial charge on any atom is -0.341 e. The molecular formula is C14H29Cl2N3O. The normalized spacial score (nSPS) is 27.7. The summed E-state index contributed by atoms with van der Waals surface area (Å²) < 4.78 is 0. The Bertz CT molecular complexity index is 299. The molecule has 1 N–H and O–H groups in total. The zero-order chi connectivity index (χ0) is 13.2. The fraction of sp³-hybridized carbons (Fsp3) is 0.929. The molecule has 0 aromatic rings. The second-order valence-corrected chi connectivity index (χ2v) is 6.20. The summed E-state index contributed by atoms with van der Waals surface area (Å²) in [6, 6.07) is 0.640. The third-order valence-corrected chi connectivity index (χ3v) is 4.57. The number of likely N-dealkylation sites (tertiary alicyclic amines) is 1. The van der Waals surface area contributed by atoms with Crippen LogP contribution in [-0.2, 0) is 4.79 Å². The molecule has 2 fully saturated rings. The highest BCUT2D eigenvalue weighted by Gasteiger charge is 2.38. The number of nitrogens with one attached hydrogen (secondary N) is 1. The van der Waals surface area contributed by atoms with E-state index in [2.05, 4.69) is 36.1 Å². The van der Waals surface area contributed by atoms with Crippen molar-refractivity contribution >= 4 is 30.7 Å². The van der Waals surface area contributed by atoms with Crippen molar-refractivity contribution in [3.63, 3.8) is 0 Å². The van der Waals surface area contributed by atoms with Crippen LogP contribution in [-0.4, -0.2) is 61.0 Å². The molecule has 2 heterocycles. The molecule has 0 aromatic heterocycles. The Morgan fingerprint density at radius 1 is 1.20 bits per heavy atom. The molecule has 2 rings (SSSR count). The highest BCUT2D eigenvalue weighted by Crippen LogP contribution is 2.24. The van der Waals surface area contributed by atoms with Gasteiger partial charge in [0.25, 0.3) is 0 Å². The van der Waals surface area contributed by atoms with Crippen LogP contribution in [0, 0.1) is 0 Å². The number of amides is 1. The molecular weight excluding hydrogens is 297 g/mol. The molecule has 1 unspecified atom stereocenters. The number of rotatable bonds is 2. The van der Waals surface area contributed by atoms with E-state index in [0.717, 1.165) is 38.9 Å². The van der Waals surface area contributed by atoms with E-state index in [0.29, 0.717) is 11.9 Å². The standard InChI is InChI=1S/C14H27N3O.2ClH/c1-14(8-4-5-9-15-14)13(18)17-10-6-12(7-11-17)16(2)3;;/h12,15H,4-11H2,1-3H3;2*1H. The van der Waals surface area contributed by atoms with E-state index in [1.165, 1.54) is 12.8 Å². The van der Waals surface area contributed by atoms with Gasteiger partial charge in [-0.2, -0.15) is 0 Å². The SMILES string of the molecule is CN(C)C1CCN(C(=O)C2(C)CCCCN2)CC1.Cl.Cl. The van der Waals surface area contributed by atoms with Crippen molar-refractivity contribution in [1.82, 2.24) is 15.1 Å². The largest absolute Gasteiger partial charge is 0.341 e. The predicted molar refractivity (Wildman–Crippen MR) is 88.0 cm³/mol. The molecule has 120 valence electrons. The Kier molecular flexibility index (Phi) is 8.41. The Labute approximate surface area is 135 Å². The Morgan fingerprint density at radius 3 is 2.25 bits per heavy atom. The van der Waals surface area contributed by atoms with Gasteiger partial charge in [0.1, 0.15) is 0 Å². The van der Waals surface area contributed by atoms with E-state index in [1.807, 2.05) is 0 Å². The molecule has 2 saturated heterocycles. The van der Waals surface area contributed by atoms with E-state index in [4.69, 9.17) is 0 Å². The van der Waals surface area contributed by atoms with E-state index in [9.17, 15) is 4.79 Å². The first-order chi connectivity index (χ1) is 8.53. The second kappa shape index (κ2) is 8.42. The first-order valence-corrected chi connectivity index (χ1v) is 7.24. The van der Waals surface area contributed by atoms with Gasteiger partial charge in [0, 0.05) is 19.1 Å². The Hall–Kier alpha value is -0.0300. The van der Waals surface area contributed by atoms with E-state index >= 15 is 0 Å². The first kappa shape index (κ1) is 20.0. The Balaban J connectivity index is 0.00000180. The fourth-order valence-electron chi connectivity index (χ4n) is 3.17. The van der Waals surface area contributed by atoms with Gasteiger partial charge in [0.15, 0.2) is 0 Å². The number of carbonyl (C=O) groups excluding carboxylic acids is 1. The molecule has 2 aliphatic heterocycles. The third-order valence-electron chi connectivity index (χ3n) is 4.57. The van der Waals surface area contributed by atoms with Gasteiger partial charge in [-0.1, -0.05) is 0 Å². The van der Waals surface area contributed by atoms with Crippen molar-refractivity contribution in [2.45, 2.75) is 50.6 Å². The van der Waals surface area contributed by atoms with Gasteiger partial charge >= 0.3 is 0 Å². The van der Waals surface area contributed by atoms with E-state index in [-0.39, 0.29) is 30.4 Å². The summed E-state index contributed by atoms with van der Waals surface area (Å²) in [6.07, 6.45) is 5.57. The van der Waals surface area contributed by atoms with Crippen molar-refractivity contribution < 1.29 is 4.79 Å². The topological polar surface area (TPSA) is 35.6 Å². The lowest BCUT2D eigenvalue weighted by Gasteiger charge is -2.41. The molecule has 0 spiro atoms. The lowest BCUT2D eigenvalue weighted by atomic mass is 9.88. The van der Waals surface area contributed by atoms with Crippen LogP contribution in [0.15, 0.2) is 0 Å². The molecule has 6 heteroatoms. The Morgan fingerprint density at radius 2 is 1.80 bits per heavy atom. The molecule has 0 saturated carbocycles. The van der Waals surface area contributed by atoms with Crippen molar-refractivity contribution in [1.29, 1.82) is 0 Å². The van der Waals surface area contributed by atoms with Gasteiger partial charge in [0.05, 0.1) is 5.54 Å². The zero-order valence-corrected chi connectivity index (χ0v) is 14.5. The van der Waals surface area contributed by atoms with Crippen LogP contribution in [0.5, 0.6) is 0 Å². The molecule has 0 radical (unpaired) electrons. The van der Waals surface area contributed by atoms with Crippen LogP contribution in [0.4, 0.5) is 0 Å². The van der Waals surface area contributed by atoms with Gasteiger partial charge in [-0.05, 0) is 59.7 Å². The number of halogens is 2. The zero-order valence-electron chi connectivity index (χ0n) is 12.9. The summed E-state index contributed by atoms with van der Waals surface area (Å²) in [5.41, 5.74) is -0.302. The maximum absolute atomic E-state index is 12.6. The first-order valence-electron chi connectivity index (χ1n) is 7.24. The average molecular weight is 326 g/mol. The molecule has 0 bridgehead atoms. The average Bonchev–Trinajstić information content (AvgIpc) is 2.39. The fourth-order valence-corrected chi connectivity index (χ4v) is 3.17. The quantitative estimate of drug-likeness (QED) is 0.842. The summed E-state index contributed by atoms with van der Waals surface area (Å²) in [6.45, 7) is 4.89. The summed E-state index contributed by atoms with van der Waals surface area (Å²) >= 11 is 0. The molecule has 0 aromatic carbocycles. The molecule has 4 nitrogen and oxygen atoms in total. The second-order valence-electron chi connectivity index (χ2n) is 6.20. The highest BCUT2D eigenvalue weighted by molar-refractivity contribution is 5.86. The molecule has 1 atom stereocenters. The van der Waals surface area contributed by atoms with Crippen LogP contribution in [0.1, 0.15) is 39.0 Å². The van der Waals surface area contributed by atoms with Crippen LogP contribution in [0.25, 0.3) is 0 Å². The maximum atomic E-state index is 12.6.